The molecule has 0 saturated carbocycles. The van der Waals surface area contributed by atoms with Gasteiger partial charge in [0.25, 0.3) is 0 Å². The van der Waals surface area contributed by atoms with Crippen LogP contribution in [-0.2, 0) is 16.0 Å². The van der Waals surface area contributed by atoms with Crippen LogP contribution in [0.5, 0.6) is 5.75 Å². The molecule has 1 heterocycles. The number of carbonyl (C=O) groups excluding carboxylic acids is 2. The van der Waals surface area contributed by atoms with Gasteiger partial charge in [0.2, 0.25) is 5.91 Å². The van der Waals surface area contributed by atoms with Crippen molar-refractivity contribution in [2.45, 2.75) is 12.5 Å². The lowest BCUT2D eigenvalue weighted by molar-refractivity contribution is -0.120. The maximum Gasteiger partial charge on any atom is 0.414 e. The summed E-state index contributed by atoms with van der Waals surface area (Å²) in [6.45, 7) is 0.695. The number of nitrogens with one attached hydrogen (secondary N) is 1. The summed E-state index contributed by atoms with van der Waals surface area (Å²) in [7, 11) is 1.59. The van der Waals surface area contributed by atoms with Crippen LogP contribution in [0, 0.1) is 0 Å². The number of cyclic esters (lactones) is 1. The Morgan fingerprint density at radius 3 is 2.60 bits per heavy atom. The van der Waals surface area contributed by atoms with E-state index in [4.69, 9.17) is 9.47 Å². The van der Waals surface area contributed by atoms with E-state index in [1.807, 2.05) is 30.3 Å². The smallest absolute Gasteiger partial charge is 0.414 e. The molecule has 0 aliphatic carbocycles. The Kier molecular flexibility index (Phi) is 5.18. The first kappa shape index (κ1) is 16.8. The van der Waals surface area contributed by atoms with Gasteiger partial charge >= 0.3 is 6.09 Å². The van der Waals surface area contributed by atoms with E-state index < -0.39 is 6.09 Å². The van der Waals surface area contributed by atoms with Crippen LogP contribution in [0.2, 0.25) is 0 Å². The molecule has 2 aromatic carbocycles. The molecule has 6 nitrogen and oxygen atoms in total. The highest BCUT2D eigenvalue weighted by atomic mass is 16.6. The summed E-state index contributed by atoms with van der Waals surface area (Å²) in [5.41, 5.74) is 1.69. The number of amides is 2. The second kappa shape index (κ2) is 7.70. The number of anilines is 1. The van der Waals surface area contributed by atoms with Crippen LogP contribution in [0.15, 0.2) is 54.6 Å². The minimum atomic E-state index is -0.410. The largest absolute Gasteiger partial charge is 0.497 e. The summed E-state index contributed by atoms with van der Waals surface area (Å²) in [6.07, 6.45) is -0.467. The molecule has 1 saturated heterocycles. The van der Waals surface area contributed by atoms with Crippen molar-refractivity contribution in [1.82, 2.24) is 5.32 Å². The van der Waals surface area contributed by atoms with E-state index >= 15 is 0 Å². The highest BCUT2D eigenvalue weighted by Gasteiger charge is 2.32. The number of hydrogen-bond acceptors (Lipinski definition) is 4. The summed E-state index contributed by atoms with van der Waals surface area (Å²) in [5.74, 6) is 0.631. The normalized spacial score (nSPS) is 16.4. The molecule has 2 aromatic rings. The van der Waals surface area contributed by atoms with Gasteiger partial charge in [0.1, 0.15) is 11.9 Å². The molecule has 0 radical (unpaired) electrons. The molecule has 1 aliphatic rings. The van der Waals surface area contributed by atoms with Gasteiger partial charge in [0, 0.05) is 5.69 Å². The number of rotatable bonds is 6. The molecule has 1 atom stereocenters. The third-order valence-corrected chi connectivity index (χ3v) is 3.99. The first-order chi connectivity index (χ1) is 12.2. The SMILES string of the molecule is COc1ccc(N2CC(CNC(=O)Cc3ccccc3)OC2=O)cc1. The lowest BCUT2D eigenvalue weighted by atomic mass is 10.1. The van der Waals surface area contributed by atoms with Crippen LogP contribution < -0.4 is 15.0 Å². The number of methoxy groups -OCH3 is 1. The minimum absolute atomic E-state index is 0.0925. The standard InChI is InChI=1S/C19H20N2O4/c1-24-16-9-7-15(8-10-16)21-13-17(25-19(21)23)12-20-18(22)11-14-5-3-2-4-6-14/h2-10,17H,11-13H2,1H3,(H,20,22). The van der Waals surface area contributed by atoms with E-state index in [0.29, 0.717) is 19.5 Å². The van der Waals surface area contributed by atoms with Crippen molar-refractivity contribution < 1.29 is 19.1 Å². The Hall–Kier alpha value is -3.02. The molecule has 1 N–H and O–H groups in total. The average Bonchev–Trinajstić information content (AvgIpc) is 3.02. The first-order valence-electron chi connectivity index (χ1n) is 8.08. The molecule has 1 aliphatic heterocycles. The van der Waals surface area contributed by atoms with Crippen molar-refractivity contribution >= 4 is 17.7 Å². The van der Waals surface area contributed by atoms with Crippen molar-refractivity contribution in [2.75, 3.05) is 25.1 Å². The molecule has 1 fully saturated rings. The fourth-order valence-electron chi connectivity index (χ4n) is 2.67. The van der Waals surface area contributed by atoms with Gasteiger partial charge in [0.15, 0.2) is 0 Å². The first-order valence-corrected chi connectivity index (χ1v) is 8.08. The molecule has 0 aromatic heterocycles. The van der Waals surface area contributed by atoms with Crippen LogP contribution in [0.1, 0.15) is 5.56 Å². The third kappa shape index (κ3) is 4.29. The lowest BCUT2D eigenvalue weighted by Gasteiger charge is -2.13. The van der Waals surface area contributed by atoms with Crippen molar-refractivity contribution in [1.29, 1.82) is 0 Å². The van der Waals surface area contributed by atoms with Crippen molar-refractivity contribution in [3.63, 3.8) is 0 Å². The van der Waals surface area contributed by atoms with Gasteiger partial charge in [-0.05, 0) is 29.8 Å². The van der Waals surface area contributed by atoms with E-state index in [1.54, 1.807) is 36.3 Å². The Morgan fingerprint density at radius 1 is 1.20 bits per heavy atom. The molecular weight excluding hydrogens is 320 g/mol. The topological polar surface area (TPSA) is 67.9 Å². The monoisotopic (exact) mass is 340 g/mol. The summed E-state index contributed by atoms with van der Waals surface area (Å²) in [4.78, 5) is 25.6. The van der Waals surface area contributed by atoms with Crippen molar-refractivity contribution in [2.24, 2.45) is 0 Å². The number of nitrogens with zero attached hydrogens (tertiary/aromatic N) is 1. The van der Waals surface area contributed by atoms with E-state index in [2.05, 4.69) is 5.32 Å². The fourth-order valence-corrected chi connectivity index (χ4v) is 2.67. The quantitative estimate of drug-likeness (QED) is 0.877. The fraction of sp³-hybridized carbons (Fsp3) is 0.263. The highest BCUT2D eigenvalue weighted by molar-refractivity contribution is 5.90. The number of hydrogen-bond donors (Lipinski definition) is 1. The molecule has 25 heavy (non-hydrogen) atoms. The molecule has 130 valence electrons. The Bertz CT molecular complexity index is 731. The Balaban J connectivity index is 1.51. The van der Waals surface area contributed by atoms with Gasteiger partial charge in [-0.15, -0.1) is 0 Å². The van der Waals surface area contributed by atoms with E-state index in [0.717, 1.165) is 17.0 Å². The van der Waals surface area contributed by atoms with Gasteiger partial charge < -0.3 is 14.8 Å². The maximum atomic E-state index is 12.0. The van der Waals surface area contributed by atoms with Gasteiger partial charge in [-0.1, -0.05) is 30.3 Å². The zero-order valence-corrected chi connectivity index (χ0v) is 14.0. The molecule has 3 rings (SSSR count). The van der Waals surface area contributed by atoms with Gasteiger partial charge in [-0.3, -0.25) is 9.69 Å². The maximum absolute atomic E-state index is 12.0. The molecule has 6 heteroatoms. The van der Waals surface area contributed by atoms with Crippen LogP contribution in [0.3, 0.4) is 0 Å². The minimum Gasteiger partial charge on any atom is -0.497 e. The van der Waals surface area contributed by atoms with Gasteiger partial charge in [0.05, 0.1) is 26.6 Å². The lowest BCUT2D eigenvalue weighted by Crippen LogP contribution is -2.35. The van der Waals surface area contributed by atoms with Gasteiger partial charge in [-0.2, -0.15) is 0 Å². The summed E-state index contributed by atoms with van der Waals surface area (Å²) < 4.78 is 10.4. The van der Waals surface area contributed by atoms with Crippen LogP contribution in [-0.4, -0.2) is 38.3 Å². The zero-order chi connectivity index (χ0) is 17.6. The van der Waals surface area contributed by atoms with Crippen LogP contribution >= 0.6 is 0 Å². The molecule has 1 unspecified atom stereocenters. The zero-order valence-electron chi connectivity index (χ0n) is 14.0. The van der Waals surface area contributed by atoms with E-state index in [-0.39, 0.29) is 12.0 Å². The summed E-state index contributed by atoms with van der Waals surface area (Å²) >= 11 is 0. The Labute approximate surface area is 146 Å². The van der Waals surface area contributed by atoms with E-state index in [1.165, 1.54) is 0 Å². The highest BCUT2D eigenvalue weighted by Crippen LogP contribution is 2.23. The van der Waals surface area contributed by atoms with Crippen LogP contribution in [0.25, 0.3) is 0 Å². The van der Waals surface area contributed by atoms with Crippen LogP contribution in [0.4, 0.5) is 10.5 Å². The number of carbonyl (C=O) groups is 2. The third-order valence-electron chi connectivity index (χ3n) is 3.99. The Morgan fingerprint density at radius 2 is 1.92 bits per heavy atom. The average molecular weight is 340 g/mol. The second-order valence-electron chi connectivity index (χ2n) is 5.78. The second-order valence-corrected chi connectivity index (χ2v) is 5.78. The predicted octanol–water partition coefficient (Wildman–Crippen LogP) is 2.38. The van der Waals surface area contributed by atoms with Gasteiger partial charge in [-0.25, -0.2) is 4.79 Å². The summed E-state index contributed by atoms with van der Waals surface area (Å²) in [5, 5.41) is 2.82. The van der Waals surface area contributed by atoms with Crippen molar-refractivity contribution in [3.05, 3.63) is 60.2 Å². The molecular formula is C19H20N2O4. The number of ether oxygens (including phenoxy) is 2. The summed E-state index contributed by atoms with van der Waals surface area (Å²) in [6, 6.07) is 16.7. The molecule has 0 bridgehead atoms. The predicted molar refractivity (Wildman–Crippen MR) is 93.8 cm³/mol. The van der Waals surface area contributed by atoms with E-state index in [9.17, 15) is 9.59 Å². The number of benzene rings is 2. The molecule has 2 amide bonds. The molecule has 0 spiro atoms. The van der Waals surface area contributed by atoms with Crippen molar-refractivity contribution in [3.8, 4) is 5.75 Å².